The van der Waals surface area contributed by atoms with Gasteiger partial charge in [0.15, 0.2) is 0 Å². The van der Waals surface area contributed by atoms with E-state index in [2.05, 4.69) is 4.98 Å². The van der Waals surface area contributed by atoms with Crippen LogP contribution in [-0.4, -0.2) is 18.6 Å². The molecular weight excluding hydrogens is 216 g/mol. The minimum Gasteiger partial charge on any atom is -0.441 e. The zero-order valence-electron chi connectivity index (χ0n) is 10.0. The van der Waals surface area contributed by atoms with Crippen LogP contribution in [0, 0.1) is 6.92 Å². The van der Waals surface area contributed by atoms with Crippen LogP contribution in [0.5, 0.6) is 0 Å². The van der Waals surface area contributed by atoms with Crippen LogP contribution in [0.2, 0.25) is 0 Å². The molecule has 0 fully saturated rings. The van der Waals surface area contributed by atoms with E-state index < -0.39 is 0 Å². The summed E-state index contributed by atoms with van der Waals surface area (Å²) in [6.07, 6.45) is -0.212. The number of aromatic nitrogens is 1. The number of aryl methyl sites for hydroxylation is 1. The molecule has 1 aromatic heterocycles. The Morgan fingerprint density at radius 1 is 1.35 bits per heavy atom. The molecule has 1 unspecified atom stereocenters. The number of hydrogen-bond acceptors (Lipinski definition) is 4. The van der Waals surface area contributed by atoms with E-state index in [1.54, 1.807) is 7.11 Å². The van der Waals surface area contributed by atoms with Crippen LogP contribution in [0.3, 0.4) is 0 Å². The van der Waals surface area contributed by atoms with Gasteiger partial charge in [0.2, 0.25) is 5.89 Å². The van der Waals surface area contributed by atoms with Gasteiger partial charge in [-0.2, -0.15) is 0 Å². The molecule has 0 saturated carbocycles. The Hall–Kier alpha value is -1.65. The minimum atomic E-state index is -0.212. The summed E-state index contributed by atoms with van der Waals surface area (Å²) in [6.45, 7) is 2.26. The average Bonchev–Trinajstić information content (AvgIpc) is 2.75. The first-order valence-corrected chi connectivity index (χ1v) is 5.52. The number of hydrogen-bond donors (Lipinski definition) is 1. The summed E-state index contributed by atoms with van der Waals surface area (Å²) in [5.41, 5.74) is 7.35. The van der Waals surface area contributed by atoms with Gasteiger partial charge in [0.1, 0.15) is 17.6 Å². The number of nitrogens with zero attached hydrogens (tertiary/aromatic N) is 1. The number of ether oxygens (including phenoxy) is 1. The van der Waals surface area contributed by atoms with E-state index in [1.165, 1.54) is 0 Å². The third-order valence-electron chi connectivity index (χ3n) is 2.66. The van der Waals surface area contributed by atoms with Crippen molar-refractivity contribution in [1.82, 2.24) is 4.98 Å². The van der Waals surface area contributed by atoms with Gasteiger partial charge in [0.25, 0.3) is 0 Å². The summed E-state index contributed by atoms with van der Waals surface area (Å²) in [4.78, 5) is 4.45. The number of benzene rings is 1. The second-order valence-corrected chi connectivity index (χ2v) is 3.79. The van der Waals surface area contributed by atoms with E-state index >= 15 is 0 Å². The van der Waals surface area contributed by atoms with Crippen molar-refractivity contribution in [1.29, 1.82) is 0 Å². The number of nitrogens with two attached hydrogens (primary N) is 1. The van der Waals surface area contributed by atoms with Crippen molar-refractivity contribution >= 4 is 0 Å². The molecule has 2 N–H and O–H groups in total. The van der Waals surface area contributed by atoms with Gasteiger partial charge in [0, 0.05) is 19.2 Å². The summed E-state index contributed by atoms with van der Waals surface area (Å²) in [6, 6.07) is 9.77. The van der Waals surface area contributed by atoms with Gasteiger partial charge in [-0.1, -0.05) is 18.2 Å². The van der Waals surface area contributed by atoms with Crippen LogP contribution in [0.1, 0.15) is 17.6 Å². The van der Waals surface area contributed by atoms with Crippen LogP contribution in [0.25, 0.3) is 11.5 Å². The molecular formula is C13H16N2O2. The van der Waals surface area contributed by atoms with E-state index in [0.717, 1.165) is 17.0 Å². The van der Waals surface area contributed by atoms with E-state index in [1.807, 2.05) is 37.3 Å². The molecule has 1 aromatic carbocycles. The molecule has 0 bridgehead atoms. The number of rotatable bonds is 4. The fraction of sp³-hybridized carbons (Fsp3) is 0.308. The van der Waals surface area contributed by atoms with Crippen molar-refractivity contribution in [3.8, 4) is 11.5 Å². The maximum Gasteiger partial charge on any atom is 0.226 e. The summed E-state index contributed by atoms with van der Waals surface area (Å²) >= 11 is 0. The number of methoxy groups -OCH3 is 1. The molecule has 0 radical (unpaired) electrons. The van der Waals surface area contributed by atoms with E-state index in [-0.39, 0.29) is 6.10 Å². The monoisotopic (exact) mass is 232 g/mol. The van der Waals surface area contributed by atoms with Gasteiger partial charge >= 0.3 is 0 Å². The first-order chi connectivity index (χ1) is 8.26. The highest BCUT2D eigenvalue weighted by Crippen LogP contribution is 2.25. The summed E-state index contributed by atoms with van der Waals surface area (Å²) in [5, 5.41) is 0. The fourth-order valence-corrected chi connectivity index (χ4v) is 1.73. The zero-order chi connectivity index (χ0) is 12.3. The molecule has 17 heavy (non-hydrogen) atoms. The average molecular weight is 232 g/mol. The molecule has 2 rings (SSSR count). The Kier molecular flexibility index (Phi) is 3.56. The van der Waals surface area contributed by atoms with E-state index in [4.69, 9.17) is 14.9 Å². The second-order valence-electron chi connectivity index (χ2n) is 3.79. The largest absolute Gasteiger partial charge is 0.441 e. The predicted molar refractivity (Wildman–Crippen MR) is 65.5 cm³/mol. The lowest BCUT2D eigenvalue weighted by molar-refractivity contribution is 0.106. The first kappa shape index (κ1) is 11.8. The third-order valence-corrected chi connectivity index (χ3v) is 2.66. The van der Waals surface area contributed by atoms with Gasteiger partial charge < -0.3 is 14.9 Å². The molecule has 90 valence electrons. The van der Waals surface area contributed by atoms with Crippen molar-refractivity contribution in [3.05, 3.63) is 41.8 Å². The van der Waals surface area contributed by atoms with Gasteiger partial charge in [-0.05, 0) is 19.1 Å². The Bertz CT molecular complexity index is 475. The minimum absolute atomic E-state index is 0.212. The molecule has 0 aliphatic heterocycles. The highest BCUT2D eigenvalue weighted by Gasteiger charge is 2.18. The van der Waals surface area contributed by atoms with Crippen LogP contribution in [-0.2, 0) is 4.74 Å². The zero-order valence-corrected chi connectivity index (χ0v) is 10.0. The lowest BCUT2D eigenvalue weighted by Gasteiger charge is -2.09. The van der Waals surface area contributed by atoms with Crippen LogP contribution in [0.15, 0.2) is 34.7 Å². The third kappa shape index (κ3) is 2.38. The van der Waals surface area contributed by atoms with Crippen LogP contribution < -0.4 is 5.73 Å². The van der Waals surface area contributed by atoms with Crippen molar-refractivity contribution in [2.24, 2.45) is 5.73 Å². The fourth-order valence-electron chi connectivity index (χ4n) is 1.73. The maximum atomic E-state index is 5.64. The molecule has 2 aromatic rings. The molecule has 0 amide bonds. The van der Waals surface area contributed by atoms with Gasteiger partial charge in [0.05, 0.1) is 0 Å². The van der Waals surface area contributed by atoms with Crippen molar-refractivity contribution in [3.63, 3.8) is 0 Å². The summed E-state index contributed by atoms with van der Waals surface area (Å²) in [7, 11) is 1.62. The normalized spacial score (nSPS) is 12.6. The molecule has 1 heterocycles. The van der Waals surface area contributed by atoms with Crippen molar-refractivity contribution < 1.29 is 9.15 Å². The van der Waals surface area contributed by atoms with Crippen molar-refractivity contribution in [2.75, 3.05) is 13.7 Å². The predicted octanol–water partition coefficient (Wildman–Crippen LogP) is 2.30. The second kappa shape index (κ2) is 5.12. The van der Waals surface area contributed by atoms with E-state index in [9.17, 15) is 0 Å². The SMILES string of the molecule is COC(CN)c1nc(-c2ccccc2)oc1C. The van der Waals surface area contributed by atoms with Gasteiger partial charge in [-0.15, -0.1) is 0 Å². The van der Waals surface area contributed by atoms with Gasteiger partial charge in [-0.25, -0.2) is 4.98 Å². The quantitative estimate of drug-likeness (QED) is 0.878. The maximum absolute atomic E-state index is 5.64. The Morgan fingerprint density at radius 3 is 2.65 bits per heavy atom. The molecule has 1 atom stereocenters. The highest BCUT2D eigenvalue weighted by molar-refractivity contribution is 5.53. The highest BCUT2D eigenvalue weighted by atomic mass is 16.5. The summed E-state index contributed by atoms with van der Waals surface area (Å²) < 4.78 is 10.9. The molecule has 0 saturated heterocycles. The Labute approximate surface area is 100 Å². The summed E-state index contributed by atoms with van der Waals surface area (Å²) in [5.74, 6) is 1.36. The van der Waals surface area contributed by atoms with E-state index in [0.29, 0.717) is 12.4 Å². The Balaban J connectivity index is 2.37. The molecule has 0 spiro atoms. The number of oxazole rings is 1. The first-order valence-electron chi connectivity index (χ1n) is 5.52. The topological polar surface area (TPSA) is 61.3 Å². The van der Waals surface area contributed by atoms with Crippen LogP contribution >= 0.6 is 0 Å². The lowest BCUT2D eigenvalue weighted by Crippen LogP contribution is -2.15. The Morgan fingerprint density at radius 2 is 2.06 bits per heavy atom. The standard InChI is InChI=1S/C13H16N2O2/c1-9-12(11(8-14)16-2)15-13(17-9)10-6-4-3-5-7-10/h3-7,11H,8,14H2,1-2H3. The molecule has 4 heteroatoms. The smallest absolute Gasteiger partial charge is 0.226 e. The van der Waals surface area contributed by atoms with Gasteiger partial charge in [-0.3, -0.25) is 0 Å². The molecule has 0 aliphatic carbocycles. The molecule has 4 nitrogen and oxygen atoms in total. The molecule has 0 aliphatic rings. The lowest BCUT2D eigenvalue weighted by atomic mass is 10.2. The van der Waals surface area contributed by atoms with Crippen molar-refractivity contribution in [2.45, 2.75) is 13.0 Å². The van der Waals surface area contributed by atoms with Crippen LogP contribution in [0.4, 0.5) is 0 Å².